The van der Waals surface area contributed by atoms with E-state index >= 15 is 0 Å². The average molecular weight is 1400 g/mol. The molecule has 4 aromatic carbocycles. The second-order valence-electron chi connectivity index (χ2n) is 27.5. The van der Waals surface area contributed by atoms with Gasteiger partial charge in [0.15, 0.2) is 5.75 Å². The van der Waals surface area contributed by atoms with Gasteiger partial charge in [0.1, 0.15) is 64.4 Å². The first kappa shape index (κ1) is 72.4. The number of aromatic nitrogens is 2. The van der Waals surface area contributed by atoms with Crippen molar-refractivity contribution in [1.29, 1.82) is 0 Å². The normalized spacial score (nSPS) is 26.3. The minimum Gasteiger partial charge on any atom is -0.479 e. The van der Waals surface area contributed by atoms with Crippen LogP contribution in [0, 0.1) is 11.8 Å². The summed E-state index contributed by atoms with van der Waals surface area (Å²) < 4.78 is 25.3. The smallest absolute Gasteiger partial charge is 0.408 e. The lowest BCUT2D eigenvalue weighted by molar-refractivity contribution is -0.145. The number of nitrogens with one attached hydrogen (secondary N) is 5. The maximum Gasteiger partial charge on any atom is 0.408 e. The molecular formula is C72H88N10O15S2. The lowest BCUT2D eigenvalue weighted by Gasteiger charge is -2.30. The number of nitrogens with zero attached hydrogens (tertiary/aromatic N) is 4. The Hall–Kier alpha value is -9.34. The molecule has 0 spiro atoms. The van der Waals surface area contributed by atoms with Crippen LogP contribution in [-0.4, -0.2) is 144 Å². The minimum absolute atomic E-state index is 0.0861. The number of carboxylic acids is 1. The van der Waals surface area contributed by atoms with Gasteiger partial charge >= 0.3 is 18.2 Å². The van der Waals surface area contributed by atoms with Gasteiger partial charge in [0.05, 0.1) is 33.5 Å². The maximum absolute atomic E-state index is 14.3. The molecule has 8 N–H and O–H groups in total. The predicted octanol–water partition coefficient (Wildman–Crippen LogP) is 10.0. The largest absolute Gasteiger partial charge is 0.479 e. The third-order valence-corrected chi connectivity index (χ3v) is 19.5. The van der Waals surface area contributed by atoms with Crippen molar-refractivity contribution in [2.24, 2.45) is 17.7 Å². The van der Waals surface area contributed by atoms with Gasteiger partial charge in [0, 0.05) is 24.7 Å². The molecule has 2 saturated carbocycles. The van der Waals surface area contributed by atoms with Gasteiger partial charge in [-0.2, -0.15) is 11.4 Å². The maximum atomic E-state index is 14.3. The molecule has 6 aliphatic rings. The Labute approximate surface area is 582 Å². The van der Waals surface area contributed by atoms with Gasteiger partial charge in [-0.25, -0.2) is 24.4 Å². The van der Waals surface area contributed by atoms with E-state index in [-0.39, 0.29) is 37.8 Å². The highest BCUT2D eigenvalue weighted by Gasteiger charge is 2.63. The molecule has 4 fully saturated rings. The summed E-state index contributed by atoms with van der Waals surface area (Å²) in [5.41, 5.74) is -0.0545. The number of allylic oxidation sites excluding steroid dienone is 2. The van der Waals surface area contributed by atoms with Crippen LogP contribution in [0.25, 0.3) is 20.4 Å². The zero-order valence-corrected chi connectivity index (χ0v) is 58.1. The van der Waals surface area contributed by atoms with Crippen LogP contribution >= 0.6 is 22.7 Å². The molecular weight excluding hydrogens is 1310 g/mol. The number of carbonyl (C=O) groups excluding carboxylic acids is 7. The highest BCUT2D eigenvalue weighted by Crippen LogP contribution is 2.47. The summed E-state index contributed by atoms with van der Waals surface area (Å²) in [6.45, 7) is 10.7. The number of carbonyl (C=O) groups is 8. The third kappa shape index (κ3) is 19.3. The molecule has 25 nitrogen and oxygen atoms in total. The Bertz CT molecular complexity index is 3830. The summed E-state index contributed by atoms with van der Waals surface area (Å²) in [5.74, 6) is 1.97. The Morgan fingerprint density at radius 2 is 1.00 bits per heavy atom. The minimum atomic E-state index is -1.40. The van der Waals surface area contributed by atoms with Crippen molar-refractivity contribution < 1.29 is 72.1 Å². The van der Waals surface area contributed by atoms with Gasteiger partial charge in [-0.05, 0) is 141 Å². The van der Waals surface area contributed by atoms with Crippen molar-refractivity contribution in [2.75, 3.05) is 13.1 Å². The molecule has 12 rings (SSSR count). The second kappa shape index (κ2) is 32.1. The lowest BCUT2D eigenvalue weighted by atomic mass is 10.0. The van der Waals surface area contributed by atoms with Gasteiger partial charge in [0.25, 0.3) is 16.3 Å². The summed E-state index contributed by atoms with van der Waals surface area (Å²) in [7, 11) is 0. The number of hydroxylamine groups is 1. The van der Waals surface area contributed by atoms with Crippen molar-refractivity contribution in [3.8, 4) is 21.9 Å². The summed E-state index contributed by atoms with van der Waals surface area (Å²) in [6.07, 6.45) is 13.4. The molecule has 10 atom stereocenters. The number of amides is 7. The number of fused-ring (bicyclic) bond motifs is 6. The lowest BCUT2D eigenvalue weighted by Crippen LogP contribution is -2.58. The van der Waals surface area contributed by atoms with Crippen molar-refractivity contribution >= 4 is 90.8 Å². The van der Waals surface area contributed by atoms with Gasteiger partial charge in [-0.3, -0.25) is 24.0 Å². The van der Waals surface area contributed by atoms with E-state index in [1.54, 1.807) is 77.9 Å². The molecule has 27 heteroatoms. The van der Waals surface area contributed by atoms with Crippen LogP contribution in [0.4, 0.5) is 9.59 Å². The fourth-order valence-electron chi connectivity index (χ4n) is 12.5. The van der Waals surface area contributed by atoms with Gasteiger partial charge in [-0.1, -0.05) is 133 Å². The number of hydrogen-bond donors (Lipinski definition) is 7. The number of ether oxygens (including phenoxy) is 4. The van der Waals surface area contributed by atoms with Crippen LogP contribution < -0.4 is 51.8 Å². The van der Waals surface area contributed by atoms with Gasteiger partial charge < -0.3 is 64.8 Å². The van der Waals surface area contributed by atoms with Crippen molar-refractivity contribution in [3.63, 3.8) is 0 Å². The predicted molar refractivity (Wildman–Crippen MR) is 371 cm³/mol. The molecule has 7 amide bonds. The van der Waals surface area contributed by atoms with E-state index in [1.165, 1.54) is 32.5 Å². The zero-order chi connectivity index (χ0) is 70.5. The van der Waals surface area contributed by atoms with Crippen LogP contribution in [0.2, 0.25) is 0 Å². The quantitative estimate of drug-likeness (QED) is 0.0468. The monoisotopic (exact) mass is 1400 g/mol. The molecule has 2 aliphatic carbocycles. The molecule has 6 heterocycles. The molecule has 4 aliphatic heterocycles. The molecule has 2 saturated heterocycles. The van der Waals surface area contributed by atoms with Crippen LogP contribution in [-0.2, 0) is 38.2 Å². The zero-order valence-electron chi connectivity index (χ0n) is 56.5. The van der Waals surface area contributed by atoms with Crippen LogP contribution in [0.15, 0.2) is 133 Å². The number of thiazole rings is 2. The molecule has 0 unspecified atom stereocenters. The number of aliphatic carboxylic acids is 1. The van der Waals surface area contributed by atoms with Crippen molar-refractivity contribution in [2.45, 2.75) is 190 Å². The number of benzene rings is 4. The first-order valence-electron chi connectivity index (χ1n) is 33.7. The standard InChI is InChI=1S/C36H43N5O7S.C30H38N4O7S.C6H7NO/c1-35(2,3)47-33(45)37-27-18-11-6-4-5-8-14-23-21-36(23,32(44)40-48-24-15-9-7-10-16-24)39-30(42)28-20-25(22-41(28)31(27)43)46-34-38-26-17-12-13-19-29(26)49-34;1-29(2,3)41-27(39)31-21-13-8-6-4-5-7-11-18-16-30(18,26(37)38)33-24(35)22-15-19(17-34(22)25(21)36)40-28-32-20-12-9-10-14-23(20)42-28;7-8-6-4-2-1-3-5-6/h7-10,12-17,19,23,25,27-28H,4-6,11,18,20-22H2,1-3H3,(H,37,45)(H,39,42)(H,40,44);7,9-12,14,18-19,21-22H,4-6,8,13,15-17H2,1-3H3,(H,31,39)(H,33,35)(H,37,38);1-5H,7H2/b14-8-;11-7-;/t23-,25-,27+,28+,36-;18-,19-,21+,22+,30-;/m11./s1. The topological polar surface area (TPSA) is 331 Å². The number of carboxylic acid groups (broad SMARTS) is 1. The Kier molecular flexibility index (Phi) is 23.5. The summed E-state index contributed by atoms with van der Waals surface area (Å²) in [4.78, 5) is 130. The van der Waals surface area contributed by atoms with E-state index in [2.05, 4.69) is 41.6 Å². The van der Waals surface area contributed by atoms with E-state index in [0.717, 1.165) is 59.0 Å². The Morgan fingerprint density at radius 1 is 0.576 bits per heavy atom. The SMILES string of the molecule is CC(C)(C)OC(=O)N[C@H]1CCCCC/C=C\[C@@H]2C[C@@]2(C(=O)NOc2ccccc2)NC(=O)[C@@H]2C[C@@H](Oc3nc4ccccc4s3)CN2C1=O.CC(C)(C)OC(=O)N[C@H]1CCCCC/C=C\[C@@H]2C[C@@]2(C(=O)O)NC(=O)[C@@H]2C[C@@H](Oc3nc4ccccc4s3)CN2C1=O.NOc1ccccc1. The molecule has 0 radical (unpaired) electrons. The van der Waals surface area contributed by atoms with Crippen molar-refractivity contribution in [3.05, 3.63) is 133 Å². The number of nitrogens with two attached hydrogens (primary N) is 1. The molecule has 0 bridgehead atoms. The van der Waals surface area contributed by atoms with Crippen LogP contribution in [0.3, 0.4) is 0 Å². The number of hydrogen-bond acceptors (Lipinski definition) is 19. The highest BCUT2D eigenvalue weighted by atomic mass is 32.1. The number of rotatable bonds is 11. The van der Waals surface area contributed by atoms with E-state index in [0.29, 0.717) is 60.4 Å². The summed E-state index contributed by atoms with van der Waals surface area (Å²) in [5, 5.41) is 22.1. The first-order chi connectivity index (χ1) is 47.4. The summed E-state index contributed by atoms with van der Waals surface area (Å²) in [6, 6.07) is 29.6. The van der Waals surface area contributed by atoms with E-state index in [9.17, 15) is 43.5 Å². The molecule has 99 heavy (non-hydrogen) atoms. The van der Waals surface area contributed by atoms with Gasteiger partial charge in [-0.15, -0.1) is 0 Å². The molecule has 528 valence electrons. The summed E-state index contributed by atoms with van der Waals surface area (Å²) >= 11 is 2.76. The molecule has 6 aromatic rings. The average Bonchev–Trinajstić information content (AvgIpc) is 1.59. The van der Waals surface area contributed by atoms with Gasteiger partial charge in [0.2, 0.25) is 23.6 Å². The van der Waals surface area contributed by atoms with E-state index in [4.69, 9.17) is 29.7 Å². The third-order valence-electron chi connectivity index (χ3n) is 17.6. The van der Waals surface area contributed by atoms with E-state index < -0.39 is 106 Å². The number of alkyl carbamates (subject to hydrolysis) is 2. The second-order valence-corrected chi connectivity index (χ2v) is 29.5. The van der Waals surface area contributed by atoms with Crippen molar-refractivity contribution in [1.82, 2.24) is 46.5 Å². The Morgan fingerprint density at radius 3 is 1.43 bits per heavy atom. The molecule has 2 aromatic heterocycles. The highest BCUT2D eigenvalue weighted by molar-refractivity contribution is 7.20. The fraction of sp³-hybridized carbons (Fsp3) is 0.472. The Balaban J connectivity index is 0.000000194. The van der Waals surface area contributed by atoms with E-state index in [1.807, 2.05) is 97.1 Å². The van der Waals surface area contributed by atoms with Crippen LogP contribution in [0.1, 0.15) is 131 Å². The number of para-hydroxylation sites is 4. The van der Waals surface area contributed by atoms with Crippen LogP contribution in [0.5, 0.6) is 21.9 Å². The fourth-order valence-corrected chi connectivity index (χ4v) is 14.2. The first-order valence-corrected chi connectivity index (χ1v) is 35.3.